The van der Waals surface area contributed by atoms with Gasteiger partial charge in [0, 0.05) is 25.5 Å². The molecular formula is C21H28O6. The lowest BCUT2D eigenvalue weighted by atomic mass is 9.42. The van der Waals surface area contributed by atoms with E-state index in [2.05, 4.69) is 6.92 Å². The van der Waals surface area contributed by atoms with Crippen LogP contribution in [0.25, 0.3) is 0 Å². The van der Waals surface area contributed by atoms with Crippen molar-refractivity contribution in [3.63, 3.8) is 0 Å². The van der Waals surface area contributed by atoms with E-state index in [9.17, 15) is 9.90 Å². The molecule has 2 saturated carbocycles. The molecule has 5 rings (SSSR count). The highest BCUT2D eigenvalue weighted by Gasteiger charge is 2.81. The summed E-state index contributed by atoms with van der Waals surface area (Å²) in [4.78, 5) is 13.4. The van der Waals surface area contributed by atoms with Crippen LogP contribution < -0.4 is 0 Å². The van der Waals surface area contributed by atoms with Gasteiger partial charge in [-0.05, 0) is 37.7 Å². The third-order valence-corrected chi connectivity index (χ3v) is 8.69. The van der Waals surface area contributed by atoms with Gasteiger partial charge in [-0.15, -0.1) is 0 Å². The molecule has 0 amide bonds. The van der Waals surface area contributed by atoms with Gasteiger partial charge in [0.15, 0.2) is 5.79 Å². The van der Waals surface area contributed by atoms with Crippen LogP contribution in [0.1, 0.15) is 58.1 Å². The van der Waals surface area contributed by atoms with Gasteiger partial charge in [-0.2, -0.15) is 0 Å². The van der Waals surface area contributed by atoms with Crippen LogP contribution >= 0.6 is 0 Å². The number of esters is 1. The SMILES string of the molecule is COC12CC(C)C3(CC(c4ccoc4)OC3=O)C3CCC(O1)C(C)(O)C32C. The van der Waals surface area contributed by atoms with E-state index in [1.54, 1.807) is 19.6 Å². The topological polar surface area (TPSA) is 78.1 Å². The molecule has 6 nitrogen and oxygen atoms in total. The fourth-order valence-electron chi connectivity index (χ4n) is 7.06. The monoisotopic (exact) mass is 376 g/mol. The summed E-state index contributed by atoms with van der Waals surface area (Å²) in [6, 6.07) is 1.86. The molecule has 6 heteroatoms. The molecule has 8 atom stereocenters. The first-order valence-electron chi connectivity index (χ1n) is 9.91. The minimum absolute atomic E-state index is 0.0209. The Morgan fingerprint density at radius 1 is 1.26 bits per heavy atom. The number of aliphatic hydroxyl groups is 1. The van der Waals surface area contributed by atoms with E-state index in [4.69, 9.17) is 18.6 Å². The Morgan fingerprint density at radius 3 is 2.70 bits per heavy atom. The van der Waals surface area contributed by atoms with Gasteiger partial charge in [-0.25, -0.2) is 0 Å². The quantitative estimate of drug-likeness (QED) is 0.799. The zero-order valence-corrected chi connectivity index (χ0v) is 16.4. The molecular weight excluding hydrogens is 348 g/mol. The van der Waals surface area contributed by atoms with Gasteiger partial charge in [-0.3, -0.25) is 4.79 Å². The molecule has 2 saturated heterocycles. The average molecular weight is 376 g/mol. The second-order valence-corrected chi connectivity index (χ2v) is 9.34. The van der Waals surface area contributed by atoms with E-state index >= 15 is 0 Å². The summed E-state index contributed by atoms with van der Waals surface area (Å²) in [5, 5.41) is 11.5. The molecule has 0 radical (unpaired) electrons. The summed E-state index contributed by atoms with van der Waals surface area (Å²) < 4.78 is 23.5. The molecule has 2 aliphatic heterocycles. The van der Waals surface area contributed by atoms with Crippen molar-refractivity contribution in [3.05, 3.63) is 24.2 Å². The molecule has 1 aromatic rings. The standard InChI is InChI=1S/C21H28O6/c1-12-9-21(24-4)18(2)15(5-6-16(27-21)19(18,3)23)20(12)10-14(26-17(20)22)13-7-8-25-11-13/h7-8,11-12,14-16,23H,5-6,9-10H2,1-4H3. The summed E-state index contributed by atoms with van der Waals surface area (Å²) in [5.74, 6) is -1.08. The van der Waals surface area contributed by atoms with Crippen molar-refractivity contribution in [1.29, 1.82) is 0 Å². The van der Waals surface area contributed by atoms with E-state index in [0.29, 0.717) is 12.8 Å². The summed E-state index contributed by atoms with van der Waals surface area (Å²) in [7, 11) is 1.66. The van der Waals surface area contributed by atoms with Crippen molar-refractivity contribution in [2.45, 2.75) is 70.1 Å². The maximum absolute atomic E-state index is 13.4. The molecule has 4 fully saturated rings. The van der Waals surface area contributed by atoms with E-state index < -0.39 is 22.2 Å². The highest BCUT2D eigenvalue weighted by molar-refractivity contribution is 5.81. The van der Waals surface area contributed by atoms with Crippen LogP contribution in [0, 0.1) is 22.7 Å². The van der Waals surface area contributed by atoms with E-state index in [-0.39, 0.29) is 30.0 Å². The van der Waals surface area contributed by atoms with Crippen LogP contribution in [0.3, 0.4) is 0 Å². The number of carbonyl (C=O) groups excluding carboxylic acids is 1. The van der Waals surface area contributed by atoms with Crippen molar-refractivity contribution in [2.24, 2.45) is 22.7 Å². The predicted octanol–water partition coefficient (Wildman–Crippen LogP) is 3.20. The third kappa shape index (κ3) is 1.76. The van der Waals surface area contributed by atoms with Gasteiger partial charge in [0.25, 0.3) is 0 Å². The van der Waals surface area contributed by atoms with Crippen molar-refractivity contribution in [3.8, 4) is 0 Å². The van der Waals surface area contributed by atoms with Crippen LogP contribution in [-0.4, -0.2) is 35.7 Å². The normalized spacial score (nSPS) is 53.7. The Kier molecular flexibility index (Phi) is 3.38. The number of methoxy groups -OCH3 is 1. The Hall–Kier alpha value is -1.37. The molecule has 2 bridgehead atoms. The van der Waals surface area contributed by atoms with Crippen LogP contribution in [0.4, 0.5) is 0 Å². The molecule has 1 aromatic heterocycles. The van der Waals surface area contributed by atoms with Crippen molar-refractivity contribution < 1.29 is 28.5 Å². The fraction of sp³-hybridized carbons (Fsp3) is 0.762. The zero-order valence-electron chi connectivity index (χ0n) is 16.4. The second-order valence-electron chi connectivity index (χ2n) is 9.34. The molecule has 4 aliphatic rings. The maximum atomic E-state index is 13.4. The Labute approximate surface area is 159 Å². The lowest BCUT2D eigenvalue weighted by molar-refractivity contribution is -0.308. The molecule has 1 spiro atoms. The van der Waals surface area contributed by atoms with Crippen LogP contribution in [0.15, 0.2) is 23.0 Å². The highest BCUT2D eigenvalue weighted by Crippen LogP contribution is 2.74. The Balaban J connectivity index is 1.65. The van der Waals surface area contributed by atoms with Crippen molar-refractivity contribution in [1.82, 2.24) is 0 Å². The van der Waals surface area contributed by atoms with Crippen LogP contribution in [0.2, 0.25) is 0 Å². The predicted molar refractivity (Wildman–Crippen MR) is 94.4 cm³/mol. The van der Waals surface area contributed by atoms with Gasteiger partial charge < -0.3 is 23.7 Å². The number of ether oxygens (including phenoxy) is 3. The number of cyclic esters (lactones) is 1. The highest BCUT2D eigenvalue weighted by atomic mass is 16.7. The fourth-order valence-corrected chi connectivity index (χ4v) is 7.06. The molecule has 1 N–H and O–H groups in total. The lowest BCUT2D eigenvalue weighted by Gasteiger charge is -2.62. The van der Waals surface area contributed by atoms with Crippen molar-refractivity contribution in [2.75, 3.05) is 7.11 Å². The smallest absolute Gasteiger partial charge is 0.313 e. The van der Waals surface area contributed by atoms with Gasteiger partial charge in [0.2, 0.25) is 0 Å². The zero-order chi connectivity index (χ0) is 19.2. The maximum Gasteiger partial charge on any atom is 0.313 e. The second kappa shape index (κ2) is 5.16. The lowest BCUT2D eigenvalue weighted by Crippen LogP contribution is -2.69. The first-order valence-corrected chi connectivity index (χ1v) is 9.91. The summed E-state index contributed by atoms with van der Waals surface area (Å²) in [6.45, 7) is 6.00. The largest absolute Gasteiger partial charge is 0.472 e. The number of carbonyl (C=O) groups is 1. The van der Waals surface area contributed by atoms with E-state index in [1.807, 2.05) is 19.9 Å². The third-order valence-electron chi connectivity index (χ3n) is 8.69. The van der Waals surface area contributed by atoms with Gasteiger partial charge in [0.05, 0.1) is 35.1 Å². The van der Waals surface area contributed by atoms with E-state index in [0.717, 1.165) is 18.4 Å². The Bertz CT molecular complexity index is 772. The molecule has 0 aromatic carbocycles. The first kappa shape index (κ1) is 17.7. The van der Waals surface area contributed by atoms with Gasteiger partial charge in [0.1, 0.15) is 6.10 Å². The van der Waals surface area contributed by atoms with Gasteiger partial charge >= 0.3 is 5.97 Å². The molecule has 2 aliphatic carbocycles. The Morgan fingerprint density at radius 2 is 2.04 bits per heavy atom. The molecule has 3 heterocycles. The van der Waals surface area contributed by atoms with Crippen LogP contribution in [-0.2, 0) is 19.0 Å². The van der Waals surface area contributed by atoms with Crippen molar-refractivity contribution >= 4 is 5.97 Å². The van der Waals surface area contributed by atoms with E-state index in [1.165, 1.54) is 0 Å². The number of rotatable bonds is 2. The minimum Gasteiger partial charge on any atom is -0.472 e. The molecule has 27 heavy (non-hydrogen) atoms. The molecule has 148 valence electrons. The number of hydrogen-bond acceptors (Lipinski definition) is 6. The summed E-state index contributed by atoms with van der Waals surface area (Å²) >= 11 is 0. The number of furan rings is 1. The number of hydrogen-bond donors (Lipinski definition) is 1. The molecule has 8 unspecified atom stereocenters. The average Bonchev–Trinajstić information content (AvgIpc) is 3.27. The summed E-state index contributed by atoms with van der Waals surface area (Å²) in [5.41, 5.74) is -1.51. The van der Waals surface area contributed by atoms with Gasteiger partial charge in [-0.1, -0.05) is 13.8 Å². The minimum atomic E-state index is -1.06. The number of fused-ring (bicyclic) bond motifs is 2. The van der Waals surface area contributed by atoms with Crippen LogP contribution in [0.5, 0.6) is 0 Å². The first-order chi connectivity index (χ1) is 12.7. The summed E-state index contributed by atoms with van der Waals surface area (Å²) in [6.07, 6.45) is 5.39.